The van der Waals surface area contributed by atoms with E-state index in [0.29, 0.717) is 12.2 Å². The highest BCUT2D eigenvalue weighted by molar-refractivity contribution is 4.77. The van der Waals surface area contributed by atoms with Gasteiger partial charge in [-0.05, 0) is 39.4 Å². The van der Waals surface area contributed by atoms with Crippen LogP contribution in [-0.4, -0.2) is 50.3 Å². The van der Waals surface area contributed by atoms with Crippen LogP contribution < -0.4 is 5.32 Å². The first-order valence-corrected chi connectivity index (χ1v) is 6.82. The molecule has 0 aromatic carbocycles. The lowest BCUT2D eigenvalue weighted by atomic mass is 10.2. The average molecular weight is 228 g/mol. The number of nitrogens with zero attached hydrogens (tertiary/aromatic N) is 1. The second kappa shape index (κ2) is 8.04. The van der Waals surface area contributed by atoms with E-state index in [-0.39, 0.29) is 0 Å². The Morgan fingerprint density at radius 1 is 1.25 bits per heavy atom. The van der Waals surface area contributed by atoms with Crippen molar-refractivity contribution in [2.45, 2.75) is 51.7 Å². The van der Waals surface area contributed by atoms with E-state index >= 15 is 0 Å². The minimum atomic E-state index is 0.444. The van der Waals surface area contributed by atoms with Gasteiger partial charge in [-0.1, -0.05) is 20.3 Å². The largest absolute Gasteiger partial charge is 0.372 e. The monoisotopic (exact) mass is 228 g/mol. The van der Waals surface area contributed by atoms with Gasteiger partial charge in [-0.3, -0.25) is 0 Å². The number of unbranched alkanes of at least 4 members (excludes halogenated alkanes) is 1. The lowest BCUT2D eigenvalue weighted by molar-refractivity contribution is 0.0249. The number of hydrogen-bond acceptors (Lipinski definition) is 3. The number of nitrogens with one attached hydrogen (secondary N) is 1. The molecule has 0 aliphatic carbocycles. The molecule has 0 amide bonds. The Labute approximate surface area is 101 Å². The minimum absolute atomic E-state index is 0.444. The molecule has 0 radical (unpaired) electrons. The Bertz CT molecular complexity index is 175. The van der Waals surface area contributed by atoms with E-state index in [0.717, 1.165) is 19.6 Å². The fraction of sp³-hybridized carbons (Fsp3) is 1.00. The fourth-order valence-corrected chi connectivity index (χ4v) is 2.34. The van der Waals surface area contributed by atoms with E-state index in [2.05, 4.69) is 24.1 Å². The first-order chi connectivity index (χ1) is 7.80. The molecule has 1 N–H and O–H groups in total. The molecule has 1 heterocycles. The smallest absolute Gasteiger partial charge is 0.0707 e. The van der Waals surface area contributed by atoms with Crippen molar-refractivity contribution in [2.75, 3.05) is 33.2 Å². The predicted octanol–water partition coefficient (Wildman–Crippen LogP) is 1.88. The molecule has 1 saturated heterocycles. The van der Waals surface area contributed by atoms with Gasteiger partial charge in [-0.2, -0.15) is 0 Å². The van der Waals surface area contributed by atoms with Crippen LogP contribution in [0.1, 0.15) is 39.5 Å². The van der Waals surface area contributed by atoms with E-state index in [1.807, 2.05) is 7.05 Å². The van der Waals surface area contributed by atoms with Crippen LogP contribution in [-0.2, 0) is 4.74 Å². The summed E-state index contributed by atoms with van der Waals surface area (Å²) in [5.74, 6) is 0. The molecular weight excluding hydrogens is 200 g/mol. The summed E-state index contributed by atoms with van der Waals surface area (Å²) in [6.07, 6.45) is 5.95. The van der Waals surface area contributed by atoms with Gasteiger partial charge >= 0.3 is 0 Å². The Morgan fingerprint density at radius 3 is 2.62 bits per heavy atom. The van der Waals surface area contributed by atoms with Gasteiger partial charge in [0.1, 0.15) is 0 Å². The standard InChI is InChI=1S/C13H28N2O/c1-4-6-9-15(5-2)11-13-8-7-12(16-13)10-14-3/h12-14H,4-11H2,1-3H3. The Kier molecular flexibility index (Phi) is 7.01. The molecule has 1 rings (SSSR count). The van der Waals surface area contributed by atoms with Crippen LogP contribution in [0.5, 0.6) is 0 Å². The Balaban J connectivity index is 2.20. The SMILES string of the molecule is CCCCN(CC)CC1CCC(CNC)O1. The van der Waals surface area contributed by atoms with Crippen LogP contribution in [0.15, 0.2) is 0 Å². The highest BCUT2D eigenvalue weighted by Crippen LogP contribution is 2.20. The van der Waals surface area contributed by atoms with Crippen molar-refractivity contribution in [1.82, 2.24) is 10.2 Å². The number of ether oxygens (including phenoxy) is 1. The normalized spacial score (nSPS) is 25.5. The van der Waals surface area contributed by atoms with Crippen LogP contribution in [0.25, 0.3) is 0 Å². The molecule has 0 bridgehead atoms. The predicted molar refractivity (Wildman–Crippen MR) is 68.8 cm³/mol. The van der Waals surface area contributed by atoms with Gasteiger partial charge in [0.25, 0.3) is 0 Å². The molecule has 1 aliphatic rings. The van der Waals surface area contributed by atoms with Crippen LogP contribution in [0.3, 0.4) is 0 Å². The summed E-state index contributed by atoms with van der Waals surface area (Å²) in [5, 5.41) is 3.19. The maximum Gasteiger partial charge on any atom is 0.0707 e. The maximum atomic E-state index is 6.01. The zero-order valence-electron chi connectivity index (χ0n) is 11.2. The van der Waals surface area contributed by atoms with Crippen LogP contribution >= 0.6 is 0 Å². The first kappa shape index (κ1) is 13.9. The van der Waals surface area contributed by atoms with E-state index < -0.39 is 0 Å². The average Bonchev–Trinajstić information content (AvgIpc) is 2.72. The molecule has 1 fully saturated rings. The van der Waals surface area contributed by atoms with Crippen molar-refractivity contribution in [3.8, 4) is 0 Å². The molecule has 0 aromatic heterocycles. The van der Waals surface area contributed by atoms with E-state index in [1.165, 1.54) is 32.2 Å². The molecule has 96 valence electrons. The fourth-order valence-electron chi connectivity index (χ4n) is 2.34. The summed E-state index contributed by atoms with van der Waals surface area (Å²) in [6.45, 7) is 8.99. The molecule has 1 aliphatic heterocycles. The molecule has 3 heteroatoms. The summed E-state index contributed by atoms with van der Waals surface area (Å²) in [5.41, 5.74) is 0. The van der Waals surface area contributed by atoms with Crippen LogP contribution in [0.4, 0.5) is 0 Å². The molecule has 2 atom stereocenters. The molecule has 0 aromatic rings. The van der Waals surface area contributed by atoms with Crippen molar-refractivity contribution in [1.29, 1.82) is 0 Å². The number of rotatable bonds is 8. The van der Waals surface area contributed by atoms with Crippen molar-refractivity contribution < 1.29 is 4.74 Å². The maximum absolute atomic E-state index is 6.01. The van der Waals surface area contributed by atoms with Crippen molar-refractivity contribution >= 4 is 0 Å². The Morgan fingerprint density at radius 2 is 2.00 bits per heavy atom. The van der Waals surface area contributed by atoms with Crippen LogP contribution in [0, 0.1) is 0 Å². The Hall–Kier alpha value is -0.120. The lowest BCUT2D eigenvalue weighted by Crippen LogP contribution is -2.34. The van der Waals surface area contributed by atoms with Gasteiger partial charge in [-0.25, -0.2) is 0 Å². The topological polar surface area (TPSA) is 24.5 Å². The highest BCUT2D eigenvalue weighted by Gasteiger charge is 2.25. The summed E-state index contributed by atoms with van der Waals surface area (Å²) >= 11 is 0. The van der Waals surface area contributed by atoms with Crippen molar-refractivity contribution in [2.24, 2.45) is 0 Å². The van der Waals surface area contributed by atoms with Gasteiger partial charge < -0.3 is 15.0 Å². The van der Waals surface area contributed by atoms with E-state index in [4.69, 9.17) is 4.74 Å². The van der Waals surface area contributed by atoms with Crippen molar-refractivity contribution in [3.05, 3.63) is 0 Å². The second-order valence-electron chi connectivity index (χ2n) is 4.76. The molecule has 0 saturated carbocycles. The molecule has 0 spiro atoms. The van der Waals surface area contributed by atoms with Gasteiger partial charge in [0.2, 0.25) is 0 Å². The van der Waals surface area contributed by atoms with Gasteiger partial charge in [0, 0.05) is 13.1 Å². The zero-order valence-corrected chi connectivity index (χ0v) is 11.2. The number of hydrogen-bond donors (Lipinski definition) is 1. The van der Waals surface area contributed by atoms with Gasteiger partial charge in [-0.15, -0.1) is 0 Å². The summed E-state index contributed by atoms with van der Waals surface area (Å²) in [6, 6.07) is 0. The quantitative estimate of drug-likeness (QED) is 0.686. The second-order valence-corrected chi connectivity index (χ2v) is 4.76. The van der Waals surface area contributed by atoms with Crippen molar-refractivity contribution in [3.63, 3.8) is 0 Å². The first-order valence-electron chi connectivity index (χ1n) is 6.82. The van der Waals surface area contributed by atoms with E-state index in [9.17, 15) is 0 Å². The molecule has 16 heavy (non-hydrogen) atoms. The third-order valence-corrected chi connectivity index (χ3v) is 3.36. The van der Waals surface area contributed by atoms with Gasteiger partial charge in [0.05, 0.1) is 12.2 Å². The van der Waals surface area contributed by atoms with E-state index in [1.54, 1.807) is 0 Å². The molecular formula is C13H28N2O. The third kappa shape index (κ3) is 4.81. The summed E-state index contributed by atoms with van der Waals surface area (Å²) < 4.78 is 6.01. The lowest BCUT2D eigenvalue weighted by Gasteiger charge is -2.24. The summed E-state index contributed by atoms with van der Waals surface area (Å²) in [4.78, 5) is 2.52. The molecule has 3 nitrogen and oxygen atoms in total. The molecule has 2 unspecified atom stereocenters. The zero-order chi connectivity index (χ0) is 11.8. The summed E-state index contributed by atoms with van der Waals surface area (Å²) in [7, 11) is 2.00. The third-order valence-electron chi connectivity index (χ3n) is 3.36. The van der Waals surface area contributed by atoms with Crippen LogP contribution in [0.2, 0.25) is 0 Å². The van der Waals surface area contributed by atoms with Gasteiger partial charge in [0.15, 0.2) is 0 Å². The highest BCUT2D eigenvalue weighted by atomic mass is 16.5. The minimum Gasteiger partial charge on any atom is -0.372 e. The number of likely N-dealkylation sites (N-methyl/N-ethyl adjacent to an activating group) is 2.